The van der Waals surface area contributed by atoms with Crippen LogP contribution in [0.2, 0.25) is 0 Å². The van der Waals surface area contributed by atoms with Crippen molar-refractivity contribution in [3.63, 3.8) is 0 Å². The molecule has 150 valence electrons. The van der Waals surface area contributed by atoms with E-state index in [4.69, 9.17) is 14.9 Å². The number of ether oxygens (including phenoxy) is 1. The van der Waals surface area contributed by atoms with Gasteiger partial charge in [0.05, 0.1) is 24.1 Å². The van der Waals surface area contributed by atoms with Crippen LogP contribution < -0.4 is 5.73 Å². The lowest BCUT2D eigenvalue weighted by molar-refractivity contribution is 0.0526. The number of aromatic nitrogens is 2. The van der Waals surface area contributed by atoms with Gasteiger partial charge in [0.1, 0.15) is 22.0 Å². The predicted octanol–water partition coefficient (Wildman–Crippen LogP) is 1.63. The fraction of sp³-hybridized carbons (Fsp3) is 0.222. The van der Waals surface area contributed by atoms with Crippen molar-refractivity contribution in [3.8, 4) is 0 Å². The predicted molar refractivity (Wildman–Crippen MR) is 100 cm³/mol. The molecule has 2 aromatic heterocycles. The summed E-state index contributed by atoms with van der Waals surface area (Å²) in [6, 6.07) is 5.92. The number of anilines is 1. The Hall–Kier alpha value is -3.47. The molecule has 3 aromatic rings. The van der Waals surface area contributed by atoms with Gasteiger partial charge in [0.25, 0.3) is 15.9 Å². The summed E-state index contributed by atoms with van der Waals surface area (Å²) in [7, 11) is -4.03. The maximum Gasteiger partial charge on any atom is 0.342 e. The molecule has 10 nitrogen and oxygen atoms in total. The molecule has 4 rings (SSSR count). The smallest absolute Gasteiger partial charge is 0.342 e. The maximum atomic E-state index is 12.7. The van der Waals surface area contributed by atoms with Crippen LogP contribution in [0.5, 0.6) is 0 Å². The number of nitrogens with two attached hydrogens (primary N) is 1. The quantitative estimate of drug-likeness (QED) is 0.627. The van der Waals surface area contributed by atoms with Crippen molar-refractivity contribution in [2.45, 2.75) is 25.3 Å². The van der Waals surface area contributed by atoms with E-state index >= 15 is 0 Å². The second kappa shape index (κ2) is 6.55. The monoisotopic (exact) mass is 416 g/mol. The molecule has 0 aliphatic carbocycles. The van der Waals surface area contributed by atoms with E-state index in [9.17, 15) is 18.0 Å². The summed E-state index contributed by atoms with van der Waals surface area (Å²) in [5.74, 6) is -1.17. The molecule has 3 heterocycles. The molecule has 0 saturated carbocycles. The Morgan fingerprint density at radius 1 is 1.28 bits per heavy atom. The zero-order valence-corrected chi connectivity index (χ0v) is 16.3. The van der Waals surface area contributed by atoms with Gasteiger partial charge in [-0.15, -0.1) is 0 Å². The minimum absolute atomic E-state index is 0.00890. The fourth-order valence-corrected chi connectivity index (χ4v) is 4.74. The van der Waals surface area contributed by atoms with Crippen LogP contribution in [-0.2, 0) is 21.3 Å². The molecular weight excluding hydrogens is 400 g/mol. The largest absolute Gasteiger partial charge is 0.462 e. The molecule has 29 heavy (non-hydrogen) atoms. The number of rotatable bonds is 4. The summed E-state index contributed by atoms with van der Waals surface area (Å²) in [6.07, 6.45) is 0. The minimum atomic E-state index is -4.03. The van der Waals surface area contributed by atoms with Crippen molar-refractivity contribution in [1.29, 1.82) is 0 Å². The maximum absolute atomic E-state index is 12.7. The van der Waals surface area contributed by atoms with E-state index in [1.54, 1.807) is 19.9 Å². The molecule has 0 spiro atoms. The van der Waals surface area contributed by atoms with Crippen molar-refractivity contribution >= 4 is 38.8 Å². The first-order chi connectivity index (χ1) is 13.8. The number of hydrogen-bond acceptors (Lipinski definition) is 9. The van der Waals surface area contributed by atoms with Crippen molar-refractivity contribution < 1.29 is 27.2 Å². The Bertz CT molecular complexity index is 1280. The number of nitrogen functional groups attached to an aromatic ring is 1. The third-order valence-corrected chi connectivity index (χ3v) is 6.27. The van der Waals surface area contributed by atoms with Gasteiger partial charge in [0.2, 0.25) is 5.71 Å². The molecule has 0 saturated heterocycles. The summed E-state index contributed by atoms with van der Waals surface area (Å²) in [5.41, 5.74) is 6.20. The van der Waals surface area contributed by atoms with Gasteiger partial charge >= 0.3 is 5.97 Å². The van der Waals surface area contributed by atoms with Gasteiger partial charge < -0.3 is 14.9 Å². The molecule has 0 atom stereocenters. The Balaban J connectivity index is 1.76. The first kappa shape index (κ1) is 18.9. The van der Waals surface area contributed by atoms with E-state index in [-0.39, 0.29) is 51.1 Å². The molecule has 0 radical (unpaired) electrons. The Labute approximate surface area is 165 Å². The van der Waals surface area contributed by atoms with Gasteiger partial charge in [-0.3, -0.25) is 4.79 Å². The first-order valence-corrected chi connectivity index (χ1v) is 10.1. The van der Waals surface area contributed by atoms with Gasteiger partial charge in [-0.05, 0) is 26.0 Å². The number of furan rings is 1. The number of esters is 1. The number of sulfonamides is 1. The molecule has 1 aliphatic heterocycles. The standard InChI is InChI=1S/C18H16N4O6S/c1-3-27-18(24)13-9(2)28-16-14(13)15(19)20-12(21-16)8-22-17(23)10-6-4-5-7-11(10)29(22,25)26/h4-7H,3,8H2,1-2H3,(H2,19,20,21). The zero-order valence-electron chi connectivity index (χ0n) is 15.5. The number of carbonyl (C=O) groups excluding carboxylic acids is 2. The van der Waals surface area contributed by atoms with Crippen molar-refractivity contribution in [2.24, 2.45) is 0 Å². The topological polar surface area (TPSA) is 146 Å². The molecule has 0 unspecified atom stereocenters. The molecule has 0 bridgehead atoms. The van der Waals surface area contributed by atoms with E-state index in [0.29, 0.717) is 4.31 Å². The zero-order chi connectivity index (χ0) is 20.9. The molecule has 1 aromatic carbocycles. The van der Waals surface area contributed by atoms with Crippen LogP contribution in [0.15, 0.2) is 33.6 Å². The summed E-state index contributed by atoms with van der Waals surface area (Å²) >= 11 is 0. The second-order valence-corrected chi connectivity index (χ2v) is 8.10. The molecule has 2 N–H and O–H groups in total. The summed E-state index contributed by atoms with van der Waals surface area (Å²) in [4.78, 5) is 32.9. The summed E-state index contributed by atoms with van der Waals surface area (Å²) in [6.45, 7) is 2.96. The molecule has 0 fully saturated rings. The van der Waals surface area contributed by atoms with E-state index < -0.39 is 28.4 Å². The number of nitrogens with zero attached hydrogens (tertiary/aromatic N) is 3. The van der Waals surface area contributed by atoms with Crippen LogP contribution in [0.4, 0.5) is 5.82 Å². The van der Waals surface area contributed by atoms with Crippen LogP contribution in [0, 0.1) is 6.92 Å². The van der Waals surface area contributed by atoms with E-state index in [1.807, 2.05) is 0 Å². The lowest BCUT2D eigenvalue weighted by Crippen LogP contribution is -2.30. The Kier molecular flexibility index (Phi) is 4.26. The van der Waals surface area contributed by atoms with Gasteiger partial charge in [-0.25, -0.2) is 22.5 Å². The molecule has 1 aliphatic rings. The average molecular weight is 416 g/mol. The highest BCUT2D eigenvalue weighted by Crippen LogP contribution is 2.32. The van der Waals surface area contributed by atoms with Gasteiger partial charge in [-0.1, -0.05) is 12.1 Å². The van der Waals surface area contributed by atoms with Gasteiger partial charge in [0.15, 0.2) is 5.82 Å². The van der Waals surface area contributed by atoms with E-state index in [1.165, 1.54) is 18.2 Å². The van der Waals surface area contributed by atoms with Crippen LogP contribution in [-0.4, -0.2) is 41.2 Å². The van der Waals surface area contributed by atoms with E-state index in [2.05, 4.69) is 9.97 Å². The third-order valence-electron chi connectivity index (χ3n) is 4.48. The van der Waals surface area contributed by atoms with Crippen LogP contribution in [0.1, 0.15) is 39.2 Å². The average Bonchev–Trinajstić information content (AvgIpc) is 3.10. The summed E-state index contributed by atoms with van der Waals surface area (Å²) < 4.78 is 36.6. The number of carbonyl (C=O) groups is 2. The Morgan fingerprint density at radius 2 is 2.00 bits per heavy atom. The SMILES string of the molecule is CCOC(=O)c1c(C)oc2nc(CN3C(=O)c4ccccc4S3(=O)=O)nc(N)c12. The highest BCUT2D eigenvalue weighted by Gasteiger charge is 2.41. The molecule has 11 heteroatoms. The highest BCUT2D eigenvalue weighted by atomic mass is 32.2. The van der Waals surface area contributed by atoms with Crippen LogP contribution in [0.25, 0.3) is 11.1 Å². The number of aryl methyl sites for hydroxylation is 1. The van der Waals surface area contributed by atoms with Crippen LogP contribution in [0.3, 0.4) is 0 Å². The van der Waals surface area contributed by atoms with Gasteiger partial charge in [0, 0.05) is 0 Å². The van der Waals surface area contributed by atoms with Crippen LogP contribution >= 0.6 is 0 Å². The number of amides is 1. The van der Waals surface area contributed by atoms with Crippen molar-refractivity contribution in [2.75, 3.05) is 12.3 Å². The fourth-order valence-electron chi connectivity index (χ4n) is 3.22. The van der Waals surface area contributed by atoms with Crippen molar-refractivity contribution in [1.82, 2.24) is 14.3 Å². The molecule has 1 amide bonds. The van der Waals surface area contributed by atoms with Crippen molar-refractivity contribution in [3.05, 3.63) is 47.0 Å². The normalized spacial score (nSPS) is 15.0. The lowest BCUT2D eigenvalue weighted by Gasteiger charge is -2.14. The summed E-state index contributed by atoms with van der Waals surface area (Å²) in [5, 5.41) is 0.184. The van der Waals surface area contributed by atoms with E-state index in [0.717, 1.165) is 0 Å². The Morgan fingerprint density at radius 3 is 2.69 bits per heavy atom. The first-order valence-electron chi connectivity index (χ1n) is 8.64. The second-order valence-electron chi connectivity index (χ2n) is 6.27. The number of benzene rings is 1. The lowest BCUT2D eigenvalue weighted by atomic mass is 10.2. The van der Waals surface area contributed by atoms with Gasteiger partial charge in [-0.2, -0.15) is 4.98 Å². The molecular formula is C18H16N4O6S. The number of fused-ring (bicyclic) bond motifs is 2. The minimum Gasteiger partial charge on any atom is -0.462 e. The number of hydrogen-bond donors (Lipinski definition) is 1. The third kappa shape index (κ3) is 2.81. The highest BCUT2D eigenvalue weighted by molar-refractivity contribution is 7.90.